The molecule has 1 atom stereocenters. The second-order valence-electron chi connectivity index (χ2n) is 8.76. The summed E-state index contributed by atoms with van der Waals surface area (Å²) in [5.41, 5.74) is 5.31. The molecule has 0 amide bonds. The highest BCUT2D eigenvalue weighted by molar-refractivity contribution is 5.80. The average molecular weight is 431 g/mol. The lowest BCUT2D eigenvalue weighted by Crippen LogP contribution is -2.27. The quantitative estimate of drug-likeness (QED) is 0.439. The summed E-state index contributed by atoms with van der Waals surface area (Å²) in [7, 11) is 0. The van der Waals surface area contributed by atoms with E-state index in [1.165, 1.54) is 0 Å². The number of aromatic nitrogens is 6. The molecule has 0 saturated carbocycles. The maximum Gasteiger partial charge on any atom is 0.328 e. The third-order valence-corrected chi connectivity index (χ3v) is 5.87. The van der Waals surface area contributed by atoms with E-state index in [0.717, 1.165) is 40.9 Å². The van der Waals surface area contributed by atoms with Crippen molar-refractivity contribution < 1.29 is 0 Å². The lowest BCUT2D eigenvalue weighted by atomic mass is 9.98. The molecular weight excluding hydrogens is 400 g/mol. The van der Waals surface area contributed by atoms with Crippen LogP contribution >= 0.6 is 0 Å². The summed E-state index contributed by atoms with van der Waals surface area (Å²) in [5, 5.41) is 14.4. The van der Waals surface area contributed by atoms with Crippen molar-refractivity contribution in [3.05, 3.63) is 76.5 Å². The van der Waals surface area contributed by atoms with E-state index in [0.29, 0.717) is 24.2 Å². The minimum absolute atomic E-state index is 0.0699. The number of rotatable bonds is 8. The van der Waals surface area contributed by atoms with Crippen LogP contribution in [0.5, 0.6) is 0 Å². The third-order valence-electron chi connectivity index (χ3n) is 5.87. The summed E-state index contributed by atoms with van der Waals surface area (Å²) in [6.07, 6.45) is 3.04. The van der Waals surface area contributed by atoms with Gasteiger partial charge in [0.15, 0.2) is 0 Å². The van der Waals surface area contributed by atoms with Gasteiger partial charge in [0.1, 0.15) is 0 Å². The molecule has 4 rings (SSSR count). The van der Waals surface area contributed by atoms with Gasteiger partial charge in [-0.3, -0.25) is 9.13 Å². The fourth-order valence-electron chi connectivity index (χ4n) is 4.01. The summed E-state index contributed by atoms with van der Waals surface area (Å²) in [5.74, 6) is 1.32. The van der Waals surface area contributed by atoms with Crippen LogP contribution < -0.4 is 5.69 Å². The molecule has 7 nitrogen and oxygen atoms in total. The van der Waals surface area contributed by atoms with Gasteiger partial charge in [-0.2, -0.15) is 5.21 Å². The fourth-order valence-corrected chi connectivity index (χ4v) is 4.01. The third kappa shape index (κ3) is 4.42. The predicted molar refractivity (Wildman–Crippen MR) is 126 cm³/mol. The molecule has 2 heterocycles. The van der Waals surface area contributed by atoms with Gasteiger partial charge in [0, 0.05) is 24.0 Å². The number of hydrogen-bond acceptors (Lipinski definition) is 4. The van der Waals surface area contributed by atoms with Crippen molar-refractivity contribution in [2.24, 2.45) is 5.92 Å². The maximum atomic E-state index is 13.1. The Morgan fingerprint density at radius 2 is 1.72 bits per heavy atom. The molecule has 0 aliphatic carbocycles. The van der Waals surface area contributed by atoms with Crippen molar-refractivity contribution in [2.45, 2.75) is 53.1 Å². The lowest BCUT2D eigenvalue weighted by Gasteiger charge is -2.13. The van der Waals surface area contributed by atoms with E-state index in [9.17, 15) is 4.79 Å². The number of nitrogens with zero attached hydrogens (tertiary/aromatic N) is 5. The van der Waals surface area contributed by atoms with Gasteiger partial charge in [0.2, 0.25) is 5.82 Å². The van der Waals surface area contributed by atoms with Crippen LogP contribution in [-0.2, 0) is 13.1 Å². The van der Waals surface area contributed by atoms with Gasteiger partial charge in [-0.15, -0.1) is 10.2 Å². The number of aromatic amines is 1. The predicted octanol–water partition coefficient (Wildman–Crippen LogP) is 4.71. The summed E-state index contributed by atoms with van der Waals surface area (Å²) in [4.78, 5) is 13.1. The molecule has 0 radical (unpaired) electrons. The van der Waals surface area contributed by atoms with Crippen molar-refractivity contribution in [1.82, 2.24) is 29.8 Å². The van der Waals surface area contributed by atoms with E-state index in [1.54, 1.807) is 0 Å². The van der Waals surface area contributed by atoms with E-state index in [-0.39, 0.29) is 5.69 Å². The van der Waals surface area contributed by atoms with Crippen molar-refractivity contribution in [2.75, 3.05) is 0 Å². The number of H-pyrrole nitrogens is 1. The summed E-state index contributed by atoms with van der Waals surface area (Å²) in [6.45, 7) is 9.92. The number of benzene rings is 2. The fraction of sp³-hybridized carbons (Fsp3) is 0.360. The number of imidazole rings is 1. The van der Waals surface area contributed by atoms with Gasteiger partial charge < -0.3 is 0 Å². The Labute approximate surface area is 188 Å². The van der Waals surface area contributed by atoms with Gasteiger partial charge >= 0.3 is 5.69 Å². The normalized spacial score (nSPS) is 12.4. The van der Waals surface area contributed by atoms with Gasteiger partial charge in [-0.05, 0) is 40.2 Å². The molecule has 0 bridgehead atoms. The molecule has 166 valence electrons. The van der Waals surface area contributed by atoms with E-state index in [4.69, 9.17) is 0 Å². The molecule has 0 aliphatic heterocycles. The first kappa shape index (κ1) is 21.7. The minimum Gasteiger partial charge on any atom is -0.299 e. The van der Waals surface area contributed by atoms with Crippen LogP contribution in [0.25, 0.3) is 22.5 Å². The molecule has 0 saturated heterocycles. The van der Waals surface area contributed by atoms with Crippen molar-refractivity contribution in [3.63, 3.8) is 0 Å². The van der Waals surface area contributed by atoms with E-state index >= 15 is 0 Å². The number of nitrogens with one attached hydrogen (secondary N) is 1. The molecule has 2 aromatic heterocycles. The van der Waals surface area contributed by atoms with Crippen molar-refractivity contribution in [3.8, 4) is 22.5 Å². The maximum absolute atomic E-state index is 13.1. The molecule has 4 aromatic rings. The Balaban J connectivity index is 1.65. The summed E-state index contributed by atoms with van der Waals surface area (Å²) < 4.78 is 3.79. The first-order chi connectivity index (χ1) is 15.5. The molecule has 0 aliphatic rings. The number of tetrazole rings is 1. The lowest BCUT2D eigenvalue weighted by molar-refractivity contribution is 0.503. The molecule has 32 heavy (non-hydrogen) atoms. The van der Waals surface area contributed by atoms with E-state index in [1.807, 2.05) is 33.5 Å². The SMILES string of the molecule is CCC(C)c1cn(CC(C)C)c(=O)n1Cc1ccc(-c2ccccc2-c2nn[nH]n2)cc1. The van der Waals surface area contributed by atoms with Crippen molar-refractivity contribution >= 4 is 0 Å². The van der Waals surface area contributed by atoms with Crippen LogP contribution in [0, 0.1) is 5.92 Å². The monoisotopic (exact) mass is 430 g/mol. The van der Waals surface area contributed by atoms with Crippen LogP contribution in [0.15, 0.2) is 59.5 Å². The van der Waals surface area contributed by atoms with E-state index in [2.05, 4.69) is 78.7 Å². The summed E-state index contributed by atoms with van der Waals surface area (Å²) >= 11 is 0. The van der Waals surface area contributed by atoms with Gasteiger partial charge in [-0.25, -0.2) is 4.79 Å². The van der Waals surface area contributed by atoms with Crippen LogP contribution in [0.3, 0.4) is 0 Å². The van der Waals surface area contributed by atoms with Gasteiger partial charge in [0.25, 0.3) is 0 Å². The van der Waals surface area contributed by atoms with Crippen LogP contribution in [0.1, 0.15) is 51.3 Å². The highest BCUT2D eigenvalue weighted by Crippen LogP contribution is 2.30. The second kappa shape index (κ2) is 9.34. The molecule has 0 spiro atoms. The minimum atomic E-state index is 0.0699. The zero-order valence-corrected chi connectivity index (χ0v) is 19.1. The molecule has 1 unspecified atom stereocenters. The first-order valence-corrected chi connectivity index (χ1v) is 11.2. The van der Waals surface area contributed by atoms with Crippen LogP contribution in [0.2, 0.25) is 0 Å². The standard InChI is InChI=1S/C25H30N6O/c1-5-18(4)23-16-30(14-17(2)3)25(32)31(23)15-19-10-12-20(13-11-19)21-8-6-7-9-22(21)24-26-28-29-27-24/h6-13,16-18H,5,14-15H2,1-4H3,(H,26,27,28,29). The number of hydrogen-bond donors (Lipinski definition) is 1. The van der Waals surface area contributed by atoms with Gasteiger partial charge in [-0.1, -0.05) is 76.2 Å². The smallest absolute Gasteiger partial charge is 0.299 e. The highest BCUT2D eigenvalue weighted by Gasteiger charge is 2.17. The van der Waals surface area contributed by atoms with Crippen molar-refractivity contribution in [1.29, 1.82) is 0 Å². The topological polar surface area (TPSA) is 81.4 Å². The zero-order valence-electron chi connectivity index (χ0n) is 19.1. The summed E-state index contributed by atoms with van der Waals surface area (Å²) in [6, 6.07) is 16.4. The Kier molecular flexibility index (Phi) is 6.35. The van der Waals surface area contributed by atoms with Gasteiger partial charge in [0.05, 0.1) is 6.54 Å². The Morgan fingerprint density at radius 1 is 1.00 bits per heavy atom. The molecule has 1 N–H and O–H groups in total. The largest absolute Gasteiger partial charge is 0.328 e. The van der Waals surface area contributed by atoms with E-state index < -0.39 is 0 Å². The van der Waals surface area contributed by atoms with Crippen LogP contribution in [-0.4, -0.2) is 29.8 Å². The molecule has 2 aromatic carbocycles. The van der Waals surface area contributed by atoms with Crippen LogP contribution in [0.4, 0.5) is 0 Å². The Hall–Kier alpha value is -3.48. The Bertz CT molecular complexity index is 1220. The average Bonchev–Trinajstić information content (AvgIpc) is 3.43. The molecule has 7 heteroatoms. The Morgan fingerprint density at radius 3 is 2.34 bits per heavy atom. The zero-order chi connectivity index (χ0) is 22.7. The highest BCUT2D eigenvalue weighted by atomic mass is 16.1. The second-order valence-corrected chi connectivity index (χ2v) is 8.76. The molecular formula is C25H30N6O. The first-order valence-electron chi connectivity index (χ1n) is 11.2. The molecule has 0 fully saturated rings.